The fourth-order valence-electron chi connectivity index (χ4n) is 2.50. The van der Waals surface area contributed by atoms with Crippen molar-refractivity contribution in [2.24, 2.45) is 5.73 Å². The molecule has 0 unspecified atom stereocenters. The van der Waals surface area contributed by atoms with Gasteiger partial charge in [-0.25, -0.2) is 8.78 Å². The molecule has 0 atom stereocenters. The normalized spacial score (nSPS) is 17.5. The Morgan fingerprint density at radius 1 is 1.38 bits per heavy atom. The zero-order chi connectivity index (χ0) is 15.6. The number of nitrogens with two attached hydrogens (primary N) is 1. The number of rotatable bonds is 4. The Morgan fingerprint density at radius 2 is 1.90 bits per heavy atom. The first kappa shape index (κ1) is 16.1. The lowest BCUT2D eigenvalue weighted by Gasteiger charge is -2.36. The number of hydrogen-bond acceptors (Lipinski definition) is 4. The van der Waals surface area contributed by atoms with Gasteiger partial charge in [0, 0.05) is 45.2 Å². The van der Waals surface area contributed by atoms with Crippen LogP contribution in [-0.2, 0) is 4.74 Å². The van der Waals surface area contributed by atoms with E-state index in [4.69, 9.17) is 22.7 Å². The van der Waals surface area contributed by atoms with Gasteiger partial charge in [-0.2, -0.15) is 0 Å². The number of anilines is 1. The summed E-state index contributed by atoms with van der Waals surface area (Å²) >= 11 is 4.72. The molecule has 1 heterocycles. The van der Waals surface area contributed by atoms with E-state index in [2.05, 4.69) is 0 Å². The standard InChI is InChI=1S/C14H18F2N2O2S/c1-18(8-14(19)2-4-20-5-3-14)12-10(15)6-9(13(17)21)7-11(12)16/h6-7,19H,2-5,8H2,1H3,(H2,17,21). The van der Waals surface area contributed by atoms with Crippen LogP contribution in [0.2, 0.25) is 0 Å². The minimum absolute atomic E-state index is 0.0648. The van der Waals surface area contributed by atoms with E-state index < -0.39 is 17.2 Å². The molecular weight excluding hydrogens is 298 g/mol. The summed E-state index contributed by atoms with van der Waals surface area (Å²) in [5.74, 6) is -1.51. The molecule has 3 N–H and O–H groups in total. The second-order valence-electron chi connectivity index (χ2n) is 5.35. The number of nitrogens with zero attached hydrogens (tertiary/aromatic N) is 1. The Kier molecular flexibility index (Phi) is 4.75. The summed E-state index contributed by atoms with van der Waals surface area (Å²) in [7, 11) is 1.54. The van der Waals surface area contributed by atoms with Gasteiger partial charge in [-0.3, -0.25) is 0 Å². The largest absolute Gasteiger partial charge is 0.389 e. The minimum atomic E-state index is -1.01. The van der Waals surface area contributed by atoms with Gasteiger partial charge in [-0.1, -0.05) is 12.2 Å². The topological polar surface area (TPSA) is 58.7 Å². The van der Waals surface area contributed by atoms with Crippen molar-refractivity contribution in [3.8, 4) is 0 Å². The van der Waals surface area contributed by atoms with Crippen LogP contribution in [0.3, 0.4) is 0 Å². The molecule has 1 aliphatic heterocycles. The predicted molar refractivity (Wildman–Crippen MR) is 80.5 cm³/mol. The molecular formula is C14H18F2N2O2S. The Labute approximate surface area is 127 Å². The highest BCUT2D eigenvalue weighted by Crippen LogP contribution is 2.28. The van der Waals surface area contributed by atoms with E-state index in [-0.39, 0.29) is 22.8 Å². The first-order valence-corrected chi connectivity index (χ1v) is 7.03. The monoisotopic (exact) mass is 316 g/mol. The first-order chi connectivity index (χ1) is 9.82. The summed E-state index contributed by atoms with van der Waals surface area (Å²) < 4.78 is 33.4. The van der Waals surface area contributed by atoms with Crippen molar-refractivity contribution in [2.75, 3.05) is 31.7 Å². The third-order valence-corrected chi connectivity index (χ3v) is 3.87. The van der Waals surface area contributed by atoms with Crippen molar-refractivity contribution in [3.63, 3.8) is 0 Å². The van der Waals surface area contributed by atoms with Gasteiger partial charge < -0.3 is 20.5 Å². The quantitative estimate of drug-likeness (QED) is 0.826. The number of hydrogen-bond donors (Lipinski definition) is 2. The van der Waals surface area contributed by atoms with Crippen LogP contribution in [-0.4, -0.2) is 42.5 Å². The summed E-state index contributed by atoms with van der Waals surface area (Å²) in [6.45, 7) is 1.00. The smallest absolute Gasteiger partial charge is 0.150 e. The zero-order valence-corrected chi connectivity index (χ0v) is 12.6. The molecule has 1 aromatic rings. The minimum Gasteiger partial charge on any atom is -0.389 e. The van der Waals surface area contributed by atoms with E-state index in [9.17, 15) is 13.9 Å². The zero-order valence-electron chi connectivity index (χ0n) is 11.7. The van der Waals surface area contributed by atoms with Crippen LogP contribution in [0.4, 0.5) is 14.5 Å². The van der Waals surface area contributed by atoms with Gasteiger partial charge in [0.1, 0.15) is 22.3 Å². The highest BCUT2D eigenvalue weighted by Gasteiger charge is 2.32. The lowest BCUT2D eigenvalue weighted by Crippen LogP contribution is -2.46. The molecule has 1 fully saturated rings. The van der Waals surface area contributed by atoms with Crippen LogP contribution in [0.5, 0.6) is 0 Å². The molecule has 0 aliphatic carbocycles. The van der Waals surface area contributed by atoms with Crippen molar-refractivity contribution in [1.82, 2.24) is 0 Å². The van der Waals surface area contributed by atoms with E-state index in [1.54, 1.807) is 0 Å². The van der Waals surface area contributed by atoms with Crippen LogP contribution in [0.15, 0.2) is 12.1 Å². The van der Waals surface area contributed by atoms with Crippen molar-refractivity contribution < 1.29 is 18.6 Å². The van der Waals surface area contributed by atoms with Gasteiger partial charge in [-0.15, -0.1) is 0 Å². The van der Waals surface area contributed by atoms with Crippen molar-refractivity contribution in [3.05, 3.63) is 29.3 Å². The maximum Gasteiger partial charge on any atom is 0.150 e. The molecule has 1 aliphatic rings. The van der Waals surface area contributed by atoms with Gasteiger partial charge in [-0.05, 0) is 12.1 Å². The van der Waals surface area contributed by atoms with Crippen molar-refractivity contribution >= 4 is 22.9 Å². The molecule has 0 amide bonds. The van der Waals surface area contributed by atoms with Gasteiger partial charge >= 0.3 is 0 Å². The molecule has 0 radical (unpaired) electrons. The highest BCUT2D eigenvalue weighted by molar-refractivity contribution is 7.80. The summed E-state index contributed by atoms with van der Waals surface area (Å²) in [5, 5.41) is 10.4. The summed E-state index contributed by atoms with van der Waals surface area (Å²) in [5.41, 5.74) is 4.31. The number of aliphatic hydroxyl groups is 1. The van der Waals surface area contributed by atoms with Gasteiger partial charge in [0.15, 0.2) is 0 Å². The Hall–Kier alpha value is -1.31. The van der Waals surface area contributed by atoms with Crippen molar-refractivity contribution in [1.29, 1.82) is 0 Å². The predicted octanol–water partition coefficient (Wildman–Crippen LogP) is 1.58. The van der Waals surface area contributed by atoms with E-state index in [1.807, 2.05) is 0 Å². The van der Waals surface area contributed by atoms with Crippen LogP contribution in [0, 0.1) is 11.6 Å². The molecule has 0 saturated carbocycles. The average Bonchev–Trinajstić information content (AvgIpc) is 2.37. The first-order valence-electron chi connectivity index (χ1n) is 6.62. The van der Waals surface area contributed by atoms with Crippen LogP contribution in [0.1, 0.15) is 18.4 Å². The fourth-order valence-corrected chi connectivity index (χ4v) is 2.62. The number of thiocarbonyl (C=S) groups is 1. The Balaban J connectivity index is 2.22. The van der Waals surface area contributed by atoms with E-state index >= 15 is 0 Å². The lowest BCUT2D eigenvalue weighted by molar-refractivity contribution is -0.0573. The second-order valence-corrected chi connectivity index (χ2v) is 5.79. The van der Waals surface area contributed by atoms with Crippen molar-refractivity contribution in [2.45, 2.75) is 18.4 Å². The Bertz CT molecular complexity index is 525. The molecule has 2 rings (SSSR count). The second kappa shape index (κ2) is 6.21. The summed E-state index contributed by atoms with van der Waals surface area (Å²) in [6.07, 6.45) is 0.872. The lowest BCUT2D eigenvalue weighted by atomic mass is 9.93. The van der Waals surface area contributed by atoms with Crippen LogP contribution in [0.25, 0.3) is 0 Å². The SMILES string of the molecule is CN(CC1(O)CCOCC1)c1c(F)cc(C(N)=S)cc1F. The van der Waals surface area contributed by atoms with Gasteiger partial charge in [0.05, 0.1) is 5.60 Å². The third kappa shape index (κ3) is 3.66. The van der Waals surface area contributed by atoms with E-state index in [0.717, 1.165) is 12.1 Å². The average molecular weight is 316 g/mol. The molecule has 1 aromatic carbocycles. The van der Waals surface area contributed by atoms with Crippen LogP contribution < -0.4 is 10.6 Å². The molecule has 0 bridgehead atoms. The molecule has 0 spiro atoms. The third-order valence-electron chi connectivity index (χ3n) is 3.64. The number of halogens is 2. The highest BCUT2D eigenvalue weighted by atomic mass is 32.1. The number of ether oxygens (including phenoxy) is 1. The maximum absolute atomic E-state index is 14.1. The molecule has 116 valence electrons. The molecule has 1 saturated heterocycles. The maximum atomic E-state index is 14.1. The number of benzene rings is 1. The molecule has 21 heavy (non-hydrogen) atoms. The summed E-state index contributed by atoms with van der Waals surface area (Å²) in [4.78, 5) is 1.31. The van der Waals surface area contributed by atoms with E-state index in [0.29, 0.717) is 26.1 Å². The summed E-state index contributed by atoms with van der Waals surface area (Å²) in [6, 6.07) is 2.20. The van der Waals surface area contributed by atoms with E-state index in [1.165, 1.54) is 11.9 Å². The molecule has 0 aromatic heterocycles. The van der Waals surface area contributed by atoms with Gasteiger partial charge in [0.2, 0.25) is 0 Å². The van der Waals surface area contributed by atoms with Crippen LogP contribution >= 0.6 is 12.2 Å². The fraction of sp³-hybridized carbons (Fsp3) is 0.500. The van der Waals surface area contributed by atoms with Gasteiger partial charge in [0.25, 0.3) is 0 Å². The molecule has 4 nitrogen and oxygen atoms in total. The molecule has 7 heteroatoms. The Morgan fingerprint density at radius 3 is 2.38 bits per heavy atom. The number of likely N-dealkylation sites (N-methyl/N-ethyl adjacent to an activating group) is 1.